The van der Waals surface area contributed by atoms with Gasteiger partial charge in [0.2, 0.25) is 5.91 Å². The van der Waals surface area contributed by atoms with Gasteiger partial charge in [-0.3, -0.25) is 20.4 Å². The minimum Gasteiger partial charge on any atom is -0.272 e. The summed E-state index contributed by atoms with van der Waals surface area (Å²) in [5.41, 5.74) is 6.92. The van der Waals surface area contributed by atoms with Crippen LogP contribution in [0.5, 0.6) is 0 Å². The molecular formula is C23H19N7O2. The summed E-state index contributed by atoms with van der Waals surface area (Å²) in [5.74, 6) is -1.21. The maximum atomic E-state index is 13.3. The van der Waals surface area contributed by atoms with Crippen LogP contribution in [-0.4, -0.2) is 37.7 Å². The summed E-state index contributed by atoms with van der Waals surface area (Å²) in [5, 5.41) is 13.9. The fourth-order valence-corrected chi connectivity index (χ4v) is 4.05. The van der Waals surface area contributed by atoms with Gasteiger partial charge in [0, 0.05) is 11.3 Å². The van der Waals surface area contributed by atoms with E-state index >= 15 is 0 Å². The van der Waals surface area contributed by atoms with Gasteiger partial charge in [-0.1, -0.05) is 65.8 Å². The van der Waals surface area contributed by atoms with E-state index in [0.29, 0.717) is 17.2 Å². The quantitative estimate of drug-likeness (QED) is 0.490. The molecule has 0 saturated carbocycles. The molecule has 4 aromatic rings. The molecule has 2 atom stereocenters. The van der Waals surface area contributed by atoms with Gasteiger partial charge in [-0.15, -0.1) is 0 Å². The highest BCUT2D eigenvalue weighted by molar-refractivity contribution is 6.06. The third-order valence-electron chi connectivity index (χ3n) is 5.54. The standard InChI is InChI=1S/C23H19N7O2/c1-14-19(22(32)26-25-21(31)16-9-3-2-4-10-16)20(30-23(24-14)27-28-29-30)18-13-7-11-15-8-5-6-12-17(15)18/h2-13,19-20H,1H3,(H,25,31)(H,26,32). The molecule has 2 heterocycles. The zero-order chi connectivity index (χ0) is 22.1. The lowest BCUT2D eigenvalue weighted by atomic mass is 9.85. The van der Waals surface area contributed by atoms with Gasteiger partial charge in [0.1, 0.15) is 12.0 Å². The maximum absolute atomic E-state index is 13.3. The molecule has 9 heteroatoms. The molecule has 2 N–H and O–H groups in total. The lowest BCUT2D eigenvalue weighted by Crippen LogP contribution is -2.49. The highest BCUT2D eigenvalue weighted by atomic mass is 16.2. The normalized spacial score (nSPS) is 17.3. The average molecular weight is 425 g/mol. The first-order valence-electron chi connectivity index (χ1n) is 10.1. The number of hydrogen-bond acceptors (Lipinski definition) is 6. The van der Waals surface area contributed by atoms with Crippen LogP contribution in [0.4, 0.5) is 5.95 Å². The smallest absolute Gasteiger partial charge is 0.269 e. The fraction of sp³-hybridized carbons (Fsp3) is 0.130. The number of hydrazine groups is 1. The molecule has 5 rings (SSSR count). The molecule has 3 aromatic carbocycles. The fourth-order valence-electron chi connectivity index (χ4n) is 4.05. The van der Waals surface area contributed by atoms with Gasteiger partial charge < -0.3 is 0 Å². The van der Waals surface area contributed by atoms with Crippen molar-refractivity contribution in [2.45, 2.75) is 13.0 Å². The van der Waals surface area contributed by atoms with Crippen LogP contribution in [0.3, 0.4) is 0 Å². The Labute approximate surface area is 183 Å². The molecule has 0 fully saturated rings. The third-order valence-corrected chi connectivity index (χ3v) is 5.54. The second-order valence-corrected chi connectivity index (χ2v) is 7.48. The van der Waals surface area contributed by atoms with Crippen LogP contribution in [0.2, 0.25) is 0 Å². The molecule has 1 aliphatic rings. The Morgan fingerprint density at radius 3 is 2.50 bits per heavy atom. The van der Waals surface area contributed by atoms with E-state index in [9.17, 15) is 9.59 Å². The number of carbonyl (C=O) groups excluding carboxylic acids is 2. The second-order valence-electron chi connectivity index (χ2n) is 7.48. The van der Waals surface area contributed by atoms with Crippen molar-refractivity contribution in [2.24, 2.45) is 10.9 Å². The zero-order valence-electron chi connectivity index (χ0n) is 17.1. The summed E-state index contributed by atoms with van der Waals surface area (Å²) in [6, 6.07) is 22.0. The van der Waals surface area contributed by atoms with Crippen LogP contribution in [0.1, 0.15) is 28.9 Å². The Morgan fingerprint density at radius 2 is 1.66 bits per heavy atom. The van der Waals surface area contributed by atoms with Gasteiger partial charge in [0.15, 0.2) is 0 Å². The molecular weight excluding hydrogens is 406 g/mol. The number of tetrazole rings is 1. The third kappa shape index (κ3) is 3.39. The van der Waals surface area contributed by atoms with Gasteiger partial charge in [0.25, 0.3) is 11.9 Å². The van der Waals surface area contributed by atoms with Crippen LogP contribution >= 0.6 is 0 Å². The molecule has 0 spiro atoms. The number of carbonyl (C=O) groups is 2. The van der Waals surface area contributed by atoms with Gasteiger partial charge in [-0.05, 0) is 45.8 Å². The van der Waals surface area contributed by atoms with E-state index in [-0.39, 0.29) is 0 Å². The number of benzene rings is 3. The summed E-state index contributed by atoms with van der Waals surface area (Å²) in [4.78, 5) is 30.1. The van der Waals surface area contributed by atoms with Gasteiger partial charge in [0.05, 0.1) is 0 Å². The Kier molecular flexibility index (Phi) is 4.91. The Hall–Kier alpha value is -4.40. The molecule has 1 aliphatic heterocycles. The number of nitrogens with one attached hydrogen (secondary N) is 2. The Bertz CT molecular complexity index is 1340. The number of amides is 2. The van der Waals surface area contributed by atoms with Crippen molar-refractivity contribution in [1.29, 1.82) is 0 Å². The minimum absolute atomic E-state index is 0.331. The van der Waals surface area contributed by atoms with Gasteiger partial charge >= 0.3 is 0 Å². The van der Waals surface area contributed by atoms with Crippen LogP contribution in [-0.2, 0) is 4.79 Å². The molecule has 32 heavy (non-hydrogen) atoms. The summed E-state index contributed by atoms with van der Waals surface area (Å²) < 4.78 is 1.55. The lowest BCUT2D eigenvalue weighted by molar-refractivity contribution is -0.124. The number of nitrogens with zero attached hydrogens (tertiary/aromatic N) is 5. The molecule has 0 saturated heterocycles. The topological polar surface area (TPSA) is 114 Å². The van der Waals surface area contributed by atoms with E-state index in [1.807, 2.05) is 48.5 Å². The average Bonchev–Trinajstić information content (AvgIpc) is 3.29. The lowest BCUT2D eigenvalue weighted by Gasteiger charge is -2.30. The van der Waals surface area contributed by atoms with Gasteiger partial charge in [-0.25, -0.2) is 9.67 Å². The van der Waals surface area contributed by atoms with Crippen molar-refractivity contribution in [2.75, 3.05) is 0 Å². The number of rotatable bonds is 3. The molecule has 1 aromatic heterocycles. The van der Waals surface area contributed by atoms with Crippen LogP contribution < -0.4 is 10.9 Å². The van der Waals surface area contributed by atoms with Crippen LogP contribution in [0.15, 0.2) is 77.8 Å². The van der Waals surface area contributed by atoms with Crippen molar-refractivity contribution in [3.8, 4) is 0 Å². The predicted molar refractivity (Wildman–Crippen MR) is 118 cm³/mol. The monoisotopic (exact) mass is 425 g/mol. The molecule has 0 bridgehead atoms. The van der Waals surface area contributed by atoms with E-state index in [0.717, 1.165) is 16.3 Å². The van der Waals surface area contributed by atoms with Crippen LogP contribution in [0.25, 0.3) is 10.8 Å². The molecule has 0 radical (unpaired) electrons. The summed E-state index contributed by atoms with van der Waals surface area (Å²) in [6.45, 7) is 1.76. The number of hydrogen-bond donors (Lipinski definition) is 2. The van der Waals surface area contributed by atoms with Crippen molar-refractivity contribution in [3.63, 3.8) is 0 Å². The molecule has 158 valence electrons. The largest absolute Gasteiger partial charge is 0.272 e. The minimum atomic E-state index is -0.729. The molecule has 2 amide bonds. The van der Waals surface area contributed by atoms with Crippen molar-refractivity contribution >= 4 is 34.2 Å². The van der Waals surface area contributed by atoms with Crippen molar-refractivity contribution in [3.05, 3.63) is 83.9 Å². The highest BCUT2D eigenvalue weighted by Gasteiger charge is 2.40. The first-order valence-corrected chi connectivity index (χ1v) is 10.1. The summed E-state index contributed by atoms with van der Waals surface area (Å²) in [6.07, 6.45) is 0. The first kappa shape index (κ1) is 19.6. The second kappa shape index (κ2) is 8.03. The highest BCUT2D eigenvalue weighted by Crippen LogP contribution is 2.37. The van der Waals surface area contributed by atoms with E-state index in [1.165, 1.54) is 0 Å². The number of fused-ring (bicyclic) bond motifs is 2. The van der Waals surface area contributed by atoms with E-state index in [1.54, 1.807) is 35.9 Å². The van der Waals surface area contributed by atoms with Crippen molar-refractivity contribution < 1.29 is 9.59 Å². The van der Waals surface area contributed by atoms with Gasteiger partial charge in [-0.2, -0.15) is 0 Å². The first-order chi connectivity index (χ1) is 15.6. The SMILES string of the molecule is CC1=Nc2nnnn2C(c2cccc3ccccc23)C1C(=O)NNC(=O)c1ccccc1. The number of aromatic nitrogens is 4. The molecule has 0 aliphatic carbocycles. The van der Waals surface area contributed by atoms with E-state index < -0.39 is 23.8 Å². The summed E-state index contributed by atoms with van der Waals surface area (Å²) >= 11 is 0. The number of aliphatic imine (C=N–C) groups is 1. The predicted octanol–water partition coefficient (Wildman–Crippen LogP) is 2.60. The van der Waals surface area contributed by atoms with Crippen LogP contribution in [0, 0.1) is 5.92 Å². The van der Waals surface area contributed by atoms with E-state index in [4.69, 9.17) is 0 Å². The summed E-state index contributed by atoms with van der Waals surface area (Å²) in [7, 11) is 0. The van der Waals surface area contributed by atoms with Crippen molar-refractivity contribution in [1.82, 2.24) is 31.1 Å². The molecule has 9 nitrogen and oxygen atoms in total. The Morgan fingerprint density at radius 1 is 0.906 bits per heavy atom. The Balaban J connectivity index is 1.51. The van der Waals surface area contributed by atoms with E-state index in [2.05, 4.69) is 31.4 Å². The maximum Gasteiger partial charge on any atom is 0.269 e. The molecule has 2 unspecified atom stereocenters. The zero-order valence-corrected chi connectivity index (χ0v) is 17.1.